The van der Waals surface area contributed by atoms with Crippen molar-refractivity contribution in [2.24, 2.45) is 0 Å². The average Bonchev–Trinajstić information content (AvgIpc) is 2.39. The summed E-state index contributed by atoms with van der Waals surface area (Å²) in [6, 6.07) is 13.1. The van der Waals surface area contributed by atoms with Gasteiger partial charge in [0, 0.05) is 10.5 Å². The molecule has 0 unspecified atom stereocenters. The van der Waals surface area contributed by atoms with Crippen molar-refractivity contribution in [1.82, 2.24) is 0 Å². The lowest BCUT2D eigenvalue weighted by Crippen LogP contribution is -1.99. The first kappa shape index (κ1) is 14.2. The summed E-state index contributed by atoms with van der Waals surface area (Å²) in [5.41, 5.74) is 1.28. The Morgan fingerprint density at radius 1 is 1.16 bits per heavy atom. The highest BCUT2D eigenvalue weighted by atomic mass is 79.9. The molecule has 4 heteroatoms. The average molecular weight is 342 g/mol. The molecule has 19 heavy (non-hydrogen) atoms. The summed E-state index contributed by atoms with van der Waals surface area (Å²) in [7, 11) is 0. The van der Waals surface area contributed by atoms with E-state index >= 15 is 0 Å². The SMILES string of the molecule is Oc1ccc(OCCCc2cccc(Br)c2)cc1Cl. The summed E-state index contributed by atoms with van der Waals surface area (Å²) in [5.74, 6) is 0.750. The van der Waals surface area contributed by atoms with Crippen LogP contribution in [-0.2, 0) is 6.42 Å². The van der Waals surface area contributed by atoms with Crippen LogP contribution in [-0.4, -0.2) is 11.7 Å². The molecular formula is C15H14BrClO2. The van der Waals surface area contributed by atoms with Crippen LogP contribution >= 0.6 is 27.5 Å². The number of halogens is 2. The van der Waals surface area contributed by atoms with Crippen LogP contribution in [0.2, 0.25) is 5.02 Å². The Bertz CT molecular complexity index is 558. The zero-order chi connectivity index (χ0) is 13.7. The molecule has 0 aliphatic carbocycles. The number of ether oxygens (including phenoxy) is 1. The minimum absolute atomic E-state index is 0.0724. The highest BCUT2D eigenvalue weighted by molar-refractivity contribution is 9.10. The van der Waals surface area contributed by atoms with Crippen molar-refractivity contribution in [3.63, 3.8) is 0 Å². The highest BCUT2D eigenvalue weighted by Crippen LogP contribution is 2.27. The molecule has 1 N–H and O–H groups in total. The van der Waals surface area contributed by atoms with Crippen LogP contribution in [0.4, 0.5) is 0 Å². The van der Waals surface area contributed by atoms with Crippen LogP contribution in [0.3, 0.4) is 0 Å². The number of aromatic hydroxyl groups is 1. The number of phenolic OH excluding ortho intramolecular Hbond substituents is 1. The minimum atomic E-state index is 0.0724. The first-order chi connectivity index (χ1) is 9.15. The molecule has 0 spiro atoms. The van der Waals surface area contributed by atoms with E-state index in [0.29, 0.717) is 17.4 Å². The normalized spacial score (nSPS) is 10.4. The van der Waals surface area contributed by atoms with Crippen LogP contribution in [0.15, 0.2) is 46.9 Å². The van der Waals surface area contributed by atoms with Crippen molar-refractivity contribution in [1.29, 1.82) is 0 Å². The van der Waals surface area contributed by atoms with Gasteiger partial charge in [0.15, 0.2) is 0 Å². The number of aryl methyl sites for hydroxylation is 1. The molecule has 2 nitrogen and oxygen atoms in total. The van der Waals surface area contributed by atoms with Crippen LogP contribution < -0.4 is 4.74 Å². The molecule has 2 aromatic rings. The summed E-state index contributed by atoms with van der Waals surface area (Å²) in [6.07, 6.45) is 1.89. The van der Waals surface area contributed by atoms with E-state index in [1.165, 1.54) is 11.6 Å². The van der Waals surface area contributed by atoms with Gasteiger partial charge >= 0.3 is 0 Å². The molecule has 0 heterocycles. The van der Waals surface area contributed by atoms with Crippen molar-refractivity contribution in [2.45, 2.75) is 12.8 Å². The zero-order valence-electron chi connectivity index (χ0n) is 10.3. The van der Waals surface area contributed by atoms with Crippen molar-refractivity contribution >= 4 is 27.5 Å². The summed E-state index contributed by atoms with van der Waals surface area (Å²) < 4.78 is 6.68. The predicted octanol–water partition coefficient (Wildman–Crippen LogP) is 4.82. The maximum atomic E-state index is 9.30. The van der Waals surface area contributed by atoms with Crippen LogP contribution in [0.5, 0.6) is 11.5 Å². The van der Waals surface area contributed by atoms with Gasteiger partial charge in [-0.1, -0.05) is 39.7 Å². The van der Waals surface area contributed by atoms with Crippen LogP contribution in [0.1, 0.15) is 12.0 Å². The monoisotopic (exact) mass is 340 g/mol. The number of phenols is 1. The van der Waals surface area contributed by atoms with E-state index in [-0.39, 0.29) is 5.75 Å². The van der Waals surface area contributed by atoms with Gasteiger partial charge in [-0.3, -0.25) is 0 Å². The lowest BCUT2D eigenvalue weighted by Gasteiger charge is -2.07. The summed E-state index contributed by atoms with van der Waals surface area (Å²) in [5, 5.41) is 9.61. The molecule has 0 aliphatic heterocycles. The second-order valence-electron chi connectivity index (χ2n) is 4.20. The number of hydrogen-bond donors (Lipinski definition) is 1. The van der Waals surface area contributed by atoms with Gasteiger partial charge in [0.05, 0.1) is 11.6 Å². The predicted molar refractivity (Wildman–Crippen MR) is 81.1 cm³/mol. The zero-order valence-corrected chi connectivity index (χ0v) is 12.6. The molecule has 0 atom stereocenters. The van der Waals surface area contributed by atoms with E-state index in [9.17, 15) is 5.11 Å². The third-order valence-electron chi connectivity index (χ3n) is 2.69. The highest BCUT2D eigenvalue weighted by Gasteiger charge is 2.01. The van der Waals surface area contributed by atoms with Gasteiger partial charge in [0.1, 0.15) is 11.5 Å². The van der Waals surface area contributed by atoms with E-state index in [4.69, 9.17) is 16.3 Å². The van der Waals surface area contributed by atoms with Gasteiger partial charge in [0.25, 0.3) is 0 Å². The Kier molecular flexibility index (Phi) is 5.11. The molecule has 2 rings (SSSR count). The Hall–Kier alpha value is -1.19. The molecule has 0 aromatic heterocycles. The molecule has 2 aromatic carbocycles. The quantitative estimate of drug-likeness (QED) is 0.790. The Morgan fingerprint density at radius 3 is 2.74 bits per heavy atom. The maximum Gasteiger partial charge on any atom is 0.134 e. The van der Waals surface area contributed by atoms with Gasteiger partial charge in [-0.25, -0.2) is 0 Å². The van der Waals surface area contributed by atoms with Gasteiger partial charge in [-0.2, -0.15) is 0 Å². The standard InChI is InChI=1S/C15H14BrClO2/c16-12-5-1-3-11(9-12)4-2-8-19-13-6-7-15(18)14(17)10-13/h1,3,5-7,9-10,18H,2,4,8H2. The molecule has 0 bridgehead atoms. The molecule has 0 saturated carbocycles. The van der Waals surface area contributed by atoms with Crippen LogP contribution in [0, 0.1) is 0 Å². The van der Waals surface area contributed by atoms with Gasteiger partial charge in [-0.15, -0.1) is 0 Å². The fraction of sp³-hybridized carbons (Fsp3) is 0.200. The van der Waals surface area contributed by atoms with Crippen molar-refractivity contribution < 1.29 is 9.84 Å². The Labute approximate surface area is 126 Å². The smallest absolute Gasteiger partial charge is 0.134 e. The fourth-order valence-corrected chi connectivity index (χ4v) is 2.35. The van der Waals surface area contributed by atoms with Crippen molar-refractivity contribution in [2.75, 3.05) is 6.61 Å². The second kappa shape index (κ2) is 6.83. The van der Waals surface area contributed by atoms with E-state index in [0.717, 1.165) is 17.3 Å². The van der Waals surface area contributed by atoms with E-state index in [1.807, 2.05) is 12.1 Å². The fourth-order valence-electron chi connectivity index (χ4n) is 1.74. The largest absolute Gasteiger partial charge is 0.506 e. The molecule has 0 saturated heterocycles. The molecule has 0 aliphatic rings. The van der Waals surface area contributed by atoms with Gasteiger partial charge < -0.3 is 9.84 Å². The molecule has 100 valence electrons. The number of rotatable bonds is 5. The lowest BCUT2D eigenvalue weighted by molar-refractivity contribution is 0.310. The summed E-state index contributed by atoms with van der Waals surface area (Å²) >= 11 is 9.26. The summed E-state index contributed by atoms with van der Waals surface area (Å²) in [4.78, 5) is 0. The lowest BCUT2D eigenvalue weighted by atomic mass is 10.1. The topological polar surface area (TPSA) is 29.5 Å². The number of hydrogen-bond acceptors (Lipinski definition) is 2. The second-order valence-corrected chi connectivity index (χ2v) is 5.52. The van der Waals surface area contributed by atoms with Gasteiger partial charge in [-0.05, 0) is 42.7 Å². The first-order valence-corrected chi connectivity index (χ1v) is 7.18. The third-order valence-corrected chi connectivity index (χ3v) is 3.48. The summed E-state index contributed by atoms with van der Waals surface area (Å²) in [6.45, 7) is 0.619. The van der Waals surface area contributed by atoms with E-state index < -0.39 is 0 Å². The molecule has 0 amide bonds. The van der Waals surface area contributed by atoms with E-state index in [1.54, 1.807) is 12.1 Å². The minimum Gasteiger partial charge on any atom is -0.506 e. The van der Waals surface area contributed by atoms with Crippen molar-refractivity contribution in [3.05, 3.63) is 57.5 Å². The molecule has 0 radical (unpaired) electrons. The van der Waals surface area contributed by atoms with Crippen LogP contribution in [0.25, 0.3) is 0 Å². The van der Waals surface area contributed by atoms with Crippen molar-refractivity contribution in [3.8, 4) is 11.5 Å². The first-order valence-electron chi connectivity index (χ1n) is 6.01. The Balaban J connectivity index is 1.79. The molecule has 0 fully saturated rings. The van der Waals surface area contributed by atoms with E-state index in [2.05, 4.69) is 28.1 Å². The van der Waals surface area contributed by atoms with Gasteiger partial charge in [0.2, 0.25) is 0 Å². The third kappa shape index (κ3) is 4.44. The Morgan fingerprint density at radius 2 is 2.00 bits per heavy atom. The maximum absolute atomic E-state index is 9.30. The number of benzene rings is 2. The molecular weight excluding hydrogens is 328 g/mol.